The molecule has 0 heterocycles. The summed E-state index contributed by atoms with van der Waals surface area (Å²) in [7, 11) is 0. The summed E-state index contributed by atoms with van der Waals surface area (Å²) in [4.78, 5) is 22.9. The van der Waals surface area contributed by atoms with Gasteiger partial charge in [0.1, 0.15) is 0 Å². The Balaban J connectivity index is 5.04. The van der Waals surface area contributed by atoms with E-state index in [1.165, 1.54) is 0 Å². The highest BCUT2D eigenvalue weighted by atomic mass is 35.5. The van der Waals surface area contributed by atoms with E-state index in [1.54, 1.807) is 13.8 Å². The number of esters is 2. The first-order chi connectivity index (χ1) is 7.62. The number of ether oxygens (including phenoxy) is 2. The lowest BCUT2D eigenvalue weighted by Crippen LogP contribution is -2.17. The molecular weight excluding hydrogens is 255 g/mol. The quantitative estimate of drug-likeness (QED) is 0.421. The second-order valence-electron chi connectivity index (χ2n) is 2.71. The predicted molar refractivity (Wildman–Crippen MR) is 61.5 cm³/mol. The van der Waals surface area contributed by atoms with Gasteiger partial charge in [-0.05, 0) is 13.3 Å². The van der Waals surface area contributed by atoms with E-state index < -0.39 is 11.9 Å². The number of alkyl halides is 2. The van der Waals surface area contributed by atoms with Crippen LogP contribution in [0.3, 0.4) is 0 Å². The fourth-order valence-electron chi connectivity index (χ4n) is 1.09. The molecule has 0 amide bonds. The molecule has 16 heavy (non-hydrogen) atoms. The van der Waals surface area contributed by atoms with Crippen LogP contribution in [0.25, 0.3) is 0 Å². The first-order valence-corrected chi connectivity index (χ1v) is 5.87. The van der Waals surface area contributed by atoms with E-state index in [0.29, 0.717) is 6.42 Å². The van der Waals surface area contributed by atoms with Crippen molar-refractivity contribution in [1.29, 1.82) is 0 Å². The van der Waals surface area contributed by atoms with Crippen molar-refractivity contribution in [2.45, 2.75) is 20.3 Å². The fraction of sp³-hybridized carbons (Fsp3) is 0.600. The van der Waals surface area contributed by atoms with Crippen LogP contribution in [0.5, 0.6) is 0 Å². The van der Waals surface area contributed by atoms with Gasteiger partial charge in [-0.25, -0.2) is 9.59 Å². The lowest BCUT2D eigenvalue weighted by molar-refractivity contribution is -0.141. The second kappa shape index (κ2) is 8.42. The highest BCUT2D eigenvalue weighted by Crippen LogP contribution is 2.14. The maximum atomic E-state index is 11.5. The van der Waals surface area contributed by atoms with Gasteiger partial charge in [-0.3, -0.25) is 0 Å². The number of hydrogen-bond donors (Lipinski definition) is 0. The molecule has 0 rings (SSSR count). The zero-order valence-electron chi connectivity index (χ0n) is 9.22. The topological polar surface area (TPSA) is 52.6 Å². The van der Waals surface area contributed by atoms with E-state index in [-0.39, 0.29) is 29.7 Å². The maximum absolute atomic E-state index is 11.5. The van der Waals surface area contributed by atoms with E-state index in [4.69, 9.17) is 27.9 Å². The Kier molecular flexibility index (Phi) is 8.03. The molecular formula is C10H14Cl2O4. The number of carbonyl (C=O) groups is 2. The summed E-state index contributed by atoms with van der Waals surface area (Å²) in [5, 5.41) is 0. The monoisotopic (exact) mass is 268 g/mol. The molecule has 0 aliphatic heterocycles. The Morgan fingerprint density at radius 1 is 1.00 bits per heavy atom. The van der Waals surface area contributed by atoms with Gasteiger partial charge in [0.25, 0.3) is 0 Å². The molecule has 0 unspecified atom stereocenters. The molecule has 0 bridgehead atoms. The molecule has 0 aromatic rings. The molecule has 6 heteroatoms. The molecule has 0 fully saturated rings. The van der Waals surface area contributed by atoms with Gasteiger partial charge in [0.05, 0.1) is 18.1 Å². The molecule has 0 N–H and O–H groups in total. The van der Waals surface area contributed by atoms with Gasteiger partial charge in [-0.15, -0.1) is 11.6 Å². The Morgan fingerprint density at radius 2 is 1.56 bits per heavy atom. The molecule has 0 spiro atoms. The Morgan fingerprint density at radius 3 is 1.94 bits per heavy atom. The lowest BCUT2D eigenvalue weighted by Gasteiger charge is -2.09. The van der Waals surface area contributed by atoms with Crippen LogP contribution in [-0.4, -0.2) is 30.5 Å². The minimum Gasteiger partial charge on any atom is -0.463 e. The maximum Gasteiger partial charge on any atom is 0.336 e. The molecule has 0 saturated heterocycles. The predicted octanol–water partition coefficient (Wildman–Crippen LogP) is 2.23. The van der Waals surface area contributed by atoms with Gasteiger partial charge in [-0.1, -0.05) is 18.5 Å². The third-order valence-corrected chi connectivity index (χ3v) is 2.18. The van der Waals surface area contributed by atoms with Crippen LogP contribution in [0.1, 0.15) is 20.3 Å². The van der Waals surface area contributed by atoms with Crippen LogP contribution in [0, 0.1) is 0 Å². The third-order valence-electron chi connectivity index (χ3n) is 1.81. The minimum absolute atomic E-state index is 0.100. The van der Waals surface area contributed by atoms with Crippen LogP contribution in [0.2, 0.25) is 0 Å². The van der Waals surface area contributed by atoms with Gasteiger partial charge in [-0.2, -0.15) is 0 Å². The molecule has 0 saturated carbocycles. The lowest BCUT2D eigenvalue weighted by atomic mass is 10.1. The number of carbonyl (C=O) groups excluding carboxylic acids is 2. The van der Waals surface area contributed by atoms with Crippen LogP contribution in [0.15, 0.2) is 11.1 Å². The minimum atomic E-state index is -0.685. The molecule has 0 aromatic carbocycles. The van der Waals surface area contributed by atoms with Crippen molar-refractivity contribution in [3.05, 3.63) is 11.1 Å². The van der Waals surface area contributed by atoms with Crippen molar-refractivity contribution in [2.75, 3.05) is 18.6 Å². The van der Waals surface area contributed by atoms with Gasteiger partial charge < -0.3 is 9.47 Å². The molecule has 0 aliphatic rings. The van der Waals surface area contributed by atoms with Crippen molar-refractivity contribution >= 4 is 35.1 Å². The number of halogens is 2. The summed E-state index contributed by atoms with van der Waals surface area (Å²) in [6, 6.07) is -0.279. The normalized spacial score (nSPS) is 11.8. The van der Waals surface area contributed by atoms with Gasteiger partial charge >= 0.3 is 11.9 Å². The fourth-order valence-corrected chi connectivity index (χ4v) is 1.46. The highest BCUT2D eigenvalue weighted by molar-refractivity contribution is 6.23. The molecule has 92 valence electrons. The third kappa shape index (κ3) is 4.41. The summed E-state index contributed by atoms with van der Waals surface area (Å²) in [6.07, 6.45) is 0.346. The Bertz CT molecular complexity index is 259. The average molecular weight is 269 g/mol. The number of hydrogen-bond acceptors (Lipinski definition) is 4. The van der Waals surface area contributed by atoms with E-state index >= 15 is 0 Å². The van der Waals surface area contributed by atoms with Crippen molar-refractivity contribution < 1.29 is 19.1 Å². The largest absolute Gasteiger partial charge is 0.463 e. The molecule has 0 aromatic heterocycles. The van der Waals surface area contributed by atoms with Crippen molar-refractivity contribution in [3.8, 4) is 0 Å². The second-order valence-corrected chi connectivity index (χ2v) is 3.19. The first kappa shape index (κ1) is 15.3. The Labute approximate surface area is 104 Å². The van der Waals surface area contributed by atoms with Gasteiger partial charge in [0.15, 0.2) is 6.07 Å². The highest BCUT2D eigenvalue weighted by Gasteiger charge is 2.20. The van der Waals surface area contributed by atoms with Crippen LogP contribution < -0.4 is 0 Å². The summed E-state index contributed by atoms with van der Waals surface area (Å²) in [6.45, 7) is 3.65. The van der Waals surface area contributed by atoms with E-state index in [2.05, 4.69) is 4.74 Å². The first-order valence-electron chi connectivity index (χ1n) is 4.80. The number of rotatable bonds is 6. The zero-order valence-corrected chi connectivity index (χ0v) is 10.7. The van der Waals surface area contributed by atoms with Crippen LogP contribution in [-0.2, 0) is 19.1 Å². The summed E-state index contributed by atoms with van der Waals surface area (Å²) in [5.41, 5.74) is 0.329. The summed E-state index contributed by atoms with van der Waals surface area (Å²) < 4.78 is 9.39. The molecule has 4 nitrogen and oxygen atoms in total. The van der Waals surface area contributed by atoms with Gasteiger partial charge in [0.2, 0.25) is 0 Å². The van der Waals surface area contributed by atoms with E-state index in [9.17, 15) is 9.59 Å². The average Bonchev–Trinajstić information content (AvgIpc) is 2.25. The molecule has 0 radical (unpaired) electrons. The smallest absolute Gasteiger partial charge is 0.336 e. The van der Waals surface area contributed by atoms with Gasteiger partial charge in [0, 0.05) is 5.57 Å². The molecule has 0 aliphatic carbocycles. The van der Waals surface area contributed by atoms with Crippen LogP contribution in [0.4, 0.5) is 0 Å². The standard InChI is InChI=1S/C10H14Cl2O4/c1-3-7(9(13)15-4-2)8(5-11)10(14)16-6-12/h3-6H2,1-2H3. The van der Waals surface area contributed by atoms with Crippen molar-refractivity contribution in [3.63, 3.8) is 0 Å². The summed E-state index contributed by atoms with van der Waals surface area (Å²) >= 11 is 10.9. The SMILES string of the molecule is CCOC(=O)C(CC)=C(CCl)C(=O)OCCl. The van der Waals surface area contributed by atoms with Crippen molar-refractivity contribution in [2.24, 2.45) is 0 Å². The van der Waals surface area contributed by atoms with E-state index in [1.807, 2.05) is 0 Å². The van der Waals surface area contributed by atoms with Crippen LogP contribution >= 0.6 is 23.2 Å². The molecule has 0 atom stereocenters. The van der Waals surface area contributed by atoms with E-state index in [0.717, 1.165) is 0 Å². The summed E-state index contributed by atoms with van der Waals surface area (Å²) in [5.74, 6) is -1.35. The van der Waals surface area contributed by atoms with Crippen molar-refractivity contribution in [1.82, 2.24) is 0 Å². The zero-order chi connectivity index (χ0) is 12.6. The Hall–Kier alpha value is -0.740.